The summed E-state index contributed by atoms with van der Waals surface area (Å²) >= 11 is 2.77. The predicted octanol–water partition coefficient (Wildman–Crippen LogP) is 9.37. The van der Waals surface area contributed by atoms with Gasteiger partial charge in [-0.15, -0.1) is 12.4 Å². The average molecular weight is 640 g/mol. The number of benzene rings is 2. The van der Waals surface area contributed by atoms with Crippen LogP contribution in [0.2, 0.25) is 0 Å². The van der Waals surface area contributed by atoms with Crippen LogP contribution in [0.5, 0.6) is 11.5 Å². The second-order valence-corrected chi connectivity index (χ2v) is 16.6. The SMILES string of the molecule is CC(C)(C)c1cc(CNC2CCCCC2)c(O)c(C(C)(C)C)c1.CC(C)(C)c1cc(C[NH][Cr])c(O)c(C(C)(C)C)c1.Cl. The number of phenols is 2. The van der Waals surface area contributed by atoms with Crippen molar-refractivity contribution in [2.24, 2.45) is 0 Å². The number of hydrogen-bond acceptors (Lipinski definition) is 4. The summed E-state index contributed by atoms with van der Waals surface area (Å²) in [6, 6.07) is 9.23. The van der Waals surface area contributed by atoms with Crippen molar-refractivity contribution >= 4 is 12.4 Å². The van der Waals surface area contributed by atoms with Crippen molar-refractivity contribution in [1.82, 2.24) is 9.62 Å². The van der Waals surface area contributed by atoms with E-state index >= 15 is 0 Å². The summed E-state index contributed by atoms with van der Waals surface area (Å²) in [7, 11) is 0. The van der Waals surface area contributed by atoms with Crippen molar-refractivity contribution in [3.8, 4) is 11.5 Å². The molecule has 0 amide bonds. The van der Waals surface area contributed by atoms with Gasteiger partial charge in [-0.05, 0) is 34.8 Å². The molecule has 0 saturated heterocycles. The van der Waals surface area contributed by atoms with E-state index in [-0.39, 0.29) is 34.1 Å². The van der Waals surface area contributed by atoms with Gasteiger partial charge < -0.3 is 10.4 Å². The number of aromatic hydroxyl groups is 2. The third kappa shape index (κ3) is 11.1. The van der Waals surface area contributed by atoms with E-state index in [9.17, 15) is 10.2 Å². The second-order valence-electron chi connectivity index (χ2n) is 16.1. The molecule has 239 valence electrons. The Bertz CT molecular complexity index is 1150. The first-order chi connectivity index (χ1) is 18.7. The van der Waals surface area contributed by atoms with Gasteiger partial charge in [0.2, 0.25) is 0 Å². The van der Waals surface area contributed by atoms with E-state index in [0.717, 1.165) is 28.8 Å². The van der Waals surface area contributed by atoms with Gasteiger partial charge in [-0.3, -0.25) is 0 Å². The minimum Gasteiger partial charge on any atom is -0.147 e. The summed E-state index contributed by atoms with van der Waals surface area (Å²) < 4.78 is 3.00. The third-order valence-electron chi connectivity index (χ3n) is 8.17. The predicted molar refractivity (Wildman–Crippen MR) is 179 cm³/mol. The van der Waals surface area contributed by atoms with Crippen LogP contribution in [0.4, 0.5) is 0 Å². The number of halogens is 1. The summed E-state index contributed by atoms with van der Waals surface area (Å²) in [5.74, 6) is 0.895. The number of hydrogen-bond donors (Lipinski definition) is 4. The molecule has 4 nitrogen and oxygen atoms in total. The van der Waals surface area contributed by atoms with Crippen molar-refractivity contribution in [2.75, 3.05) is 0 Å². The fraction of sp³-hybridized carbons (Fsp3) is 0.667. The fourth-order valence-corrected chi connectivity index (χ4v) is 5.55. The van der Waals surface area contributed by atoms with Gasteiger partial charge in [0.15, 0.2) is 0 Å². The molecule has 4 N–H and O–H groups in total. The van der Waals surface area contributed by atoms with Crippen LogP contribution in [0.15, 0.2) is 24.3 Å². The Morgan fingerprint density at radius 3 is 1.33 bits per heavy atom. The molecule has 1 fully saturated rings. The summed E-state index contributed by atoms with van der Waals surface area (Å²) in [6.07, 6.45) is 6.58. The summed E-state index contributed by atoms with van der Waals surface area (Å²) in [5.41, 5.74) is 6.70. The van der Waals surface area contributed by atoms with Gasteiger partial charge in [-0.2, -0.15) is 0 Å². The van der Waals surface area contributed by atoms with Crippen LogP contribution >= 0.6 is 12.4 Å². The molecule has 2 aromatic carbocycles. The molecule has 0 unspecified atom stereocenters. The molecule has 6 heteroatoms. The molecule has 2 aromatic rings. The van der Waals surface area contributed by atoms with Gasteiger partial charge in [-0.25, -0.2) is 0 Å². The quantitative estimate of drug-likeness (QED) is 0.263. The van der Waals surface area contributed by atoms with Crippen molar-refractivity contribution in [2.45, 2.75) is 156 Å². The maximum Gasteiger partial charge on any atom is -0.147 e. The maximum absolute atomic E-state index is 10.8. The smallest absolute Gasteiger partial charge is 0.147 e. The first-order valence-corrected chi connectivity index (χ1v) is 16.1. The number of rotatable bonds is 5. The molecule has 1 aliphatic carbocycles. The van der Waals surface area contributed by atoms with Crippen LogP contribution in [0, 0.1) is 0 Å². The van der Waals surface area contributed by atoms with Gasteiger partial charge in [0, 0.05) is 18.2 Å². The van der Waals surface area contributed by atoms with Crippen LogP contribution in [0.3, 0.4) is 0 Å². The molecule has 0 spiro atoms. The van der Waals surface area contributed by atoms with E-state index in [4.69, 9.17) is 0 Å². The Morgan fingerprint density at radius 1 is 0.619 bits per heavy atom. The molecule has 0 aromatic heterocycles. The molecule has 0 aliphatic heterocycles. The van der Waals surface area contributed by atoms with Crippen LogP contribution in [0.25, 0.3) is 0 Å². The van der Waals surface area contributed by atoms with Crippen LogP contribution in [-0.2, 0) is 51.3 Å². The standard InChI is InChI=1S/C21H35NO.C15H24NO.ClH.Cr/c1-20(2,3)16-12-15(14-22-17-10-8-7-9-11-17)19(23)18(13-16)21(4,5)6;1-14(2,3)11-7-10(9-16)13(17)12(8-11)15(4,5)6;;/h12-13,17,22-23H,7-11,14H2,1-6H3;7-8,16-17H,9H2,1-6H3;1H;/q;-1;;+1. The summed E-state index contributed by atoms with van der Waals surface area (Å²) in [4.78, 5) is 0. The monoisotopic (exact) mass is 639 g/mol. The Balaban J connectivity index is 0.000000423. The van der Waals surface area contributed by atoms with Gasteiger partial charge in [0.05, 0.1) is 0 Å². The van der Waals surface area contributed by atoms with E-state index in [1.807, 2.05) is 0 Å². The van der Waals surface area contributed by atoms with E-state index in [1.165, 1.54) is 43.2 Å². The van der Waals surface area contributed by atoms with E-state index < -0.39 is 0 Å². The van der Waals surface area contributed by atoms with Gasteiger partial charge >= 0.3 is 119 Å². The van der Waals surface area contributed by atoms with E-state index in [2.05, 4.69) is 133 Å². The zero-order chi connectivity index (χ0) is 31.4. The molecule has 42 heavy (non-hydrogen) atoms. The van der Waals surface area contributed by atoms with Crippen molar-refractivity contribution in [3.63, 3.8) is 0 Å². The Labute approximate surface area is 272 Å². The van der Waals surface area contributed by atoms with E-state index in [0.29, 0.717) is 24.1 Å². The first-order valence-electron chi connectivity index (χ1n) is 15.5. The summed E-state index contributed by atoms with van der Waals surface area (Å²) in [6.45, 7) is 27.6. The minimum absolute atomic E-state index is 0. The third-order valence-corrected chi connectivity index (χ3v) is 8.40. The van der Waals surface area contributed by atoms with Gasteiger partial charge in [0.1, 0.15) is 5.75 Å². The topological polar surface area (TPSA) is 64.5 Å². The number of phenolic OH excluding ortho intramolecular Hbond substituents is 2. The van der Waals surface area contributed by atoms with Crippen LogP contribution in [-0.4, -0.2) is 16.3 Å². The van der Waals surface area contributed by atoms with Crippen molar-refractivity contribution in [1.29, 1.82) is 0 Å². The van der Waals surface area contributed by atoms with Crippen molar-refractivity contribution in [3.05, 3.63) is 57.6 Å². The molecular weight excluding hydrogens is 580 g/mol. The largest absolute Gasteiger partial charge is 0.147 e. The van der Waals surface area contributed by atoms with Gasteiger partial charge in [-0.1, -0.05) is 72.9 Å². The Morgan fingerprint density at radius 2 is 1.00 bits per heavy atom. The zero-order valence-corrected chi connectivity index (χ0v) is 30.6. The zero-order valence-electron chi connectivity index (χ0n) is 28.5. The fourth-order valence-electron chi connectivity index (χ4n) is 5.31. The first kappa shape index (κ1) is 38.8. The van der Waals surface area contributed by atoms with Crippen LogP contribution < -0.4 is 9.62 Å². The molecule has 3 rings (SSSR count). The van der Waals surface area contributed by atoms with Crippen molar-refractivity contribution < 1.29 is 26.7 Å². The number of nitrogens with one attached hydrogen (secondary N) is 2. The molecular formula is C36H60ClCrN2O2. The second kappa shape index (κ2) is 15.2. The molecule has 1 aliphatic rings. The summed E-state index contributed by atoms with van der Waals surface area (Å²) in [5, 5.41) is 24.9. The Kier molecular flexibility index (Phi) is 14.0. The minimum atomic E-state index is -0.0580. The molecule has 0 atom stereocenters. The van der Waals surface area contributed by atoms with Crippen LogP contribution in [0.1, 0.15) is 149 Å². The van der Waals surface area contributed by atoms with Gasteiger partial charge in [0.25, 0.3) is 0 Å². The molecule has 0 radical (unpaired) electrons. The average Bonchev–Trinajstić information content (AvgIpc) is 2.83. The normalized spacial score (nSPS) is 15.0. The van der Waals surface area contributed by atoms with E-state index in [1.54, 1.807) is 0 Å². The molecule has 0 bridgehead atoms. The molecule has 1 saturated carbocycles. The molecule has 0 heterocycles. The maximum atomic E-state index is 10.8. The Hall–Kier alpha value is -1.22.